The highest BCUT2D eigenvalue weighted by atomic mass is 32.2. The molecule has 0 amide bonds. The predicted octanol–water partition coefficient (Wildman–Crippen LogP) is 3.45. The van der Waals surface area contributed by atoms with E-state index in [9.17, 15) is 0 Å². The Bertz CT molecular complexity index is 642. The van der Waals surface area contributed by atoms with Crippen LogP contribution in [0.15, 0.2) is 30.5 Å². The number of pyridine rings is 1. The van der Waals surface area contributed by atoms with Crippen molar-refractivity contribution >= 4 is 45.6 Å². The van der Waals surface area contributed by atoms with Crippen molar-refractivity contribution in [3.63, 3.8) is 0 Å². The quantitative estimate of drug-likeness (QED) is 0.826. The van der Waals surface area contributed by atoms with Crippen LogP contribution in [0.4, 0.5) is 5.69 Å². The first-order valence-electron chi connectivity index (χ1n) is 6.95. The number of thiocarbonyl (C=S) groups is 1. The minimum Gasteiger partial charge on any atom is -0.389 e. The molecular weight excluding hydrogens is 298 g/mol. The van der Waals surface area contributed by atoms with Gasteiger partial charge < -0.3 is 10.6 Å². The molecule has 0 spiro atoms. The second-order valence-electron chi connectivity index (χ2n) is 5.14. The van der Waals surface area contributed by atoms with Crippen LogP contribution < -0.4 is 10.6 Å². The largest absolute Gasteiger partial charge is 0.389 e. The summed E-state index contributed by atoms with van der Waals surface area (Å²) >= 11 is 7.08. The lowest BCUT2D eigenvalue weighted by atomic mass is 10.1. The number of aromatic nitrogens is 1. The Morgan fingerprint density at radius 1 is 1.43 bits per heavy atom. The molecule has 2 rings (SSSR count). The van der Waals surface area contributed by atoms with Crippen molar-refractivity contribution in [2.75, 3.05) is 24.0 Å². The Morgan fingerprint density at radius 3 is 2.81 bits per heavy atom. The summed E-state index contributed by atoms with van der Waals surface area (Å²) in [5, 5.41) is 1.10. The van der Waals surface area contributed by atoms with Gasteiger partial charge in [-0.15, -0.1) is 0 Å². The molecule has 5 heteroatoms. The number of nitrogens with zero attached hydrogens (tertiary/aromatic N) is 2. The van der Waals surface area contributed by atoms with Gasteiger partial charge in [-0.05, 0) is 31.4 Å². The lowest BCUT2D eigenvalue weighted by Gasteiger charge is -2.30. The number of nitrogens with two attached hydrogens (primary N) is 1. The maximum Gasteiger partial charge on any atom is 0.107 e. The van der Waals surface area contributed by atoms with E-state index < -0.39 is 0 Å². The van der Waals surface area contributed by atoms with Crippen molar-refractivity contribution < 1.29 is 0 Å². The van der Waals surface area contributed by atoms with Crippen molar-refractivity contribution in [3.8, 4) is 0 Å². The van der Waals surface area contributed by atoms with Gasteiger partial charge in [-0.3, -0.25) is 4.98 Å². The van der Waals surface area contributed by atoms with Crippen LogP contribution in [0, 0.1) is 0 Å². The minimum absolute atomic E-state index is 0.396. The van der Waals surface area contributed by atoms with E-state index in [0.29, 0.717) is 11.0 Å². The van der Waals surface area contributed by atoms with Gasteiger partial charge in [0.25, 0.3) is 0 Å². The topological polar surface area (TPSA) is 42.1 Å². The van der Waals surface area contributed by atoms with E-state index in [2.05, 4.69) is 36.2 Å². The molecule has 1 aromatic heterocycles. The summed E-state index contributed by atoms with van der Waals surface area (Å²) in [6.45, 7) is 2.23. The Hall–Kier alpha value is -1.33. The molecule has 0 aliphatic rings. The van der Waals surface area contributed by atoms with Crippen LogP contribution in [0.5, 0.6) is 0 Å². The SMILES string of the molecule is CSCCC(C)N(C)c1c(C(N)=S)cnc2ccccc12. The molecule has 0 radical (unpaired) electrons. The maximum atomic E-state index is 5.90. The zero-order valence-corrected chi connectivity index (χ0v) is 14.3. The standard InChI is InChI=1S/C16H21N3S2/c1-11(8-9-21-3)19(2)15-12-6-4-5-7-14(12)18-10-13(15)16(17)20/h4-7,10-11H,8-9H2,1-3H3,(H2,17,20). The van der Waals surface area contributed by atoms with Crippen LogP contribution in [-0.2, 0) is 0 Å². The third-order valence-electron chi connectivity index (χ3n) is 3.77. The zero-order chi connectivity index (χ0) is 15.4. The van der Waals surface area contributed by atoms with Crippen LogP contribution in [0.25, 0.3) is 10.9 Å². The molecule has 1 atom stereocenters. The molecule has 0 aliphatic heterocycles. The lowest BCUT2D eigenvalue weighted by molar-refractivity contribution is 0.670. The molecular formula is C16H21N3S2. The summed E-state index contributed by atoms with van der Waals surface area (Å²) in [6, 6.07) is 8.53. The van der Waals surface area contributed by atoms with Gasteiger partial charge in [0.2, 0.25) is 0 Å². The number of thioether (sulfide) groups is 1. The molecule has 1 aromatic carbocycles. The van der Waals surface area contributed by atoms with Crippen LogP contribution in [-0.4, -0.2) is 35.1 Å². The molecule has 0 fully saturated rings. The maximum absolute atomic E-state index is 5.90. The van der Waals surface area contributed by atoms with Crippen molar-refractivity contribution in [1.82, 2.24) is 4.98 Å². The summed E-state index contributed by atoms with van der Waals surface area (Å²) in [5.41, 5.74) is 8.81. The second kappa shape index (κ2) is 7.09. The highest BCUT2D eigenvalue weighted by Crippen LogP contribution is 2.30. The Balaban J connectivity index is 2.53. The number of hydrogen-bond acceptors (Lipinski definition) is 4. The molecule has 0 saturated carbocycles. The minimum atomic E-state index is 0.396. The molecule has 2 N–H and O–H groups in total. The fourth-order valence-electron chi connectivity index (χ4n) is 2.39. The van der Waals surface area contributed by atoms with E-state index in [-0.39, 0.29) is 0 Å². The van der Waals surface area contributed by atoms with E-state index in [4.69, 9.17) is 18.0 Å². The van der Waals surface area contributed by atoms with E-state index >= 15 is 0 Å². The number of benzene rings is 1. The molecule has 1 heterocycles. The summed E-state index contributed by atoms with van der Waals surface area (Å²) < 4.78 is 0. The smallest absolute Gasteiger partial charge is 0.107 e. The number of para-hydroxylation sites is 1. The number of anilines is 1. The van der Waals surface area contributed by atoms with Gasteiger partial charge >= 0.3 is 0 Å². The molecule has 3 nitrogen and oxygen atoms in total. The summed E-state index contributed by atoms with van der Waals surface area (Å²) in [5.74, 6) is 1.14. The second-order valence-corrected chi connectivity index (χ2v) is 6.57. The van der Waals surface area contributed by atoms with Crippen LogP contribution in [0.1, 0.15) is 18.9 Å². The number of rotatable bonds is 6. The van der Waals surface area contributed by atoms with E-state index in [1.807, 2.05) is 30.0 Å². The summed E-state index contributed by atoms with van der Waals surface area (Å²) in [6.07, 6.45) is 5.04. The molecule has 0 saturated heterocycles. The first-order valence-corrected chi connectivity index (χ1v) is 8.75. The molecule has 1 unspecified atom stereocenters. The lowest BCUT2D eigenvalue weighted by Crippen LogP contribution is -2.31. The van der Waals surface area contributed by atoms with Gasteiger partial charge in [-0.1, -0.05) is 30.4 Å². The molecule has 21 heavy (non-hydrogen) atoms. The van der Waals surface area contributed by atoms with Gasteiger partial charge in [0.05, 0.1) is 16.8 Å². The molecule has 112 valence electrons. The van der Waals surface area contributed by atoms with Gasteiger partial charge in [-0.2, -0.15) is 11.8 Å². The summed E-state index contributed by atoms with van der Waals surface area (Å²) in [4.78, 5) is 7.14. The van der Waals surface area contributed by atoms with Crippen LogP contribution in [0.2, 0.25) is 0 Å². The van der Waals surface area contributed by atoms with Gasteiger partial charge in [0.15, 0.2) is 0 Å². The average Bonchev–Trinajstić information content (AvgIpc) is 2.50. The summed E-state index contributed by atoms with van der Waals surface area (Å²) in [7, 11) is 2.11. The first kappa shape index (κ1) is 16.0. The molecule has 2 aromatic rings. The third-order valence-corrected chi connectivity index (χ3v) is 4.63. The first-order chi connectivity index (χ1) is 10.1. The van der Waals surface area contributed by atoms with Gasteiger partial charge in [0, 0.05) is 24.7 Å². The Kier molecular flexibility index (Phi) is 5.42. The average molecular weight is 319 g/mol. The van der Waals surface area contributed by atoms with E-state index in [1.165, 1.54) is 0 Å². The molecule has 0 aliphatic carbocycles. The fraction of sp³-hybridized carbons (Fsp3) is 0.375. The number of fused-ring (bicyclic) bond motifs is 1. The normalized spacial score (nSPS) is 12.3. The van der Waals surface area contributed by atoms with Crippen LogP contribution in [0.3, 0.4) is 0 Å². The monoisotopic (exact) mass is 319 g/mol. The zero-order valence-electron chi connectivity index (χ0n) is 12.7. The highest BCUT2D eigenvalue weighted by molar-refractivity contribution is 7.98. The van der Waals surface area contributed by atoms with E-state index in [0.717, 1.165) is 34.3 Å². The van der Waals surface area contributed by atoms with Crippen molar-refractivity contribution in [2.24, 2.45) is 5.73 Å². The predicted molar refractivity (Wildman–Crippen MR) is 98.5 cm³/mol. The molecule has 0 bridgehead atoms. The fourth-order valence-corrected chi connectivity index (χ4v) is 3.12. The number of hydrogen-bond donors (Lipinski definition) is 1. The van der Waals surface area contributed by atoms with Gasteiger partial charge in [0.1, 0.15) is 4.99 Å². The Labute approximate surface area is 135 Å². The van der Waals surface area contributed by atoms with Crippen molar-refractivity contribution in [1.29, 1.82) is 0 Å². The third kappa shape index (κ3) is 3.47. The van der Waals surface area contributed by atoms with Crippen molar-refractivity contribution in [2.45, 2.75) is 19.4 Å². The van der Waals surface area contributed by atoms with Gasteiger partial charge in [-0.25, -0.2) is 0 Å². The van der Waals surface area contributed by atoms with Crippen molar-refractivity contribution in [3.05, 3.63) is 36.0 Å². The highest BCUT2D eigenvalue weighted by Gasteiger charge is 2.18. The van der Waals surface area contributed by atoms with Crippen LogP contribution >= 0.6 is 24.0 Å². The van der Waals surface area contributed by atoms with E-state index in [1.54, 1.807) is 6.20 Å². The Morgan fingerprint density at radius 2 is 2.14 bits per heavy atom.